The second-order valence-electron chi connectivity index (χ2n) is 9.70. The molecule has 5 rings (SSSR count). The first-order valence-corrected chi connectivity index (χ1v) is 15.6. The van der Waals surface area contributed by atoms with Crippen LogP contribution in [0.1, 0.15) is 0 Å². The Morgan fingerprint density at radius 1 is 1.11 bits per heavy atom. The number of rotatable bonds is 8. The Morgan fingerprint density at radius 2 is 1.92 bits per heavy atom. The van der Waals surface area contributed by atoms with Crippen molar-refractivity contribution in [1.29, 1.82) is 0 Å². The van der Waals surface area contributed by atoms with Crippen LogP contribution in [0.25, 0.3) is 11.0 Å². The van der Waals surface area contributed by atoms with Gasteiger partial charge in [-0.05, 0) is 67.6 Å². The number of benzene rings is 2. The summed E-state index contributed by atoms with van der Waals surface area (Å²) < 4.78 is 19.9. The molecule has 0 fully saturated rings. The van der Waals surface area contributed by atoms with Crippen LogP contribution in [-0.2, 0) is 4.57 Å². The monoisotopic (exact) mass is 596 g/mol. The van der Waals surface area contributed by atoms with E-state index in [2.05, 4.69) is 76.5 Å². The van der Waals surface area contributed by atoms with Crippen molar-refractivity contribution in [1.82, 2.24) is 24.8 Å². The molecule has 3 heterocycles. The van der Waals surface area contributed by atoms with Crippen LogP contribution in [0.2, 0.25) is 0 Å². The molecular formula is C26H30BrN8O2P. The third-order valence-corrected chi connectivity index (χ3v) is 8.25. The number of anilines is 5. The van der Waals surface area contributed by atoms with Crippen molar-refractivity contribution >= 4 is 68.2 Å². The molecule has 0 amide bonds. The maximum atomic E-state index is 13.3. The number of hydrogen-bond acceptors (Lipinski definition) is 10. The normalized spacial score (nSPS) is 13.4. The predicted octanol–water partition coefficient (Wildman–Crippen LogP) is 4.68. The van der Waals surface area contributed by atoms with E-state index in [1.54, 1.807) is 31.9 Å². The molecule has 0 spiro atoms. The third-order valence-electron chi connectivity index (χ3n) is 6.14. The molecule has 2 N–H and O–H groups in total. The highest BCUT2D eigenvalue weighted by Crippen LogP contribution is 2.41. The quantitative estimate of drug-likeness (QED) is 0.278. The molecule has 2 aromatic carbocycles. The number of aromatic nitrogens is 4. The Hall–Kier alpha value is -3.27. The average molecular weight is 597 g/mol. The minimum absolute atomic E-state index is 0.411. The van der Waals surface area contributed by atoms with E-state index in [1.807, 2.05) is 24.3 Å². The lowest BCUT2D eigenvalue weighted by Crippen LogP contribution is -2.37. The summed E-state index contributed by atoms with van der Waals surface area (Å²) in [7, 11) is 1.45. The van der Waals surface area contributed by atoms with Crippen LogP contribution in [0.3, 0.4) is 0 Å². The van der Waals surface area contributed by atoms with Gasteiger partial charge in [0.15, 0.2) is 0 Å². The first-order chi connectivity index (χ1) is 18.2. The van der Waals surface area contributed by atoms with Crippen LogP contribution in [0.5, 0.6) is 5.75 Å². The molecule has 0 saturated heterocycles. The lowest BCUT2D eigenvalue weighted by atomic mass is 10.2. The fourth-order valence-electron chi connectivity index (χ4n) is 4.35. The van der Waals surface area contributed by atoms with E-state index in [1.165, 1.54) is 0 Å². The topological polar surface area (TPSA) is 108 Å². The molecule has 0 aliphatic carbocycles. The van der Waals surface area contributed by atoms with Crippen LogP contribution < -0.4 is 25.6 Å². The summed E-state index contributed by atoms with van der Waals surface area (Å²) in [5.41, 5.74) is 3.87. The fraction of sp³-hybridized carbons (Fsp3) is 0.308. The first-order valence-electron chi connectivity index (χ1n) is 12.2. The van der Waals surface area contributed by atoms with Crippen molar-refractivity contribution < 1.29 is 9.30 Å². The highest BCUT2D eigenvalue weighted by molar-refractivity contribution is 9.10. The lowest BCUT2D eigenvalue weighted by Gasteiger charge is -2.32. The number of ether oxygens (including phenoxy) is 1. The zero-order valence-corrected chi connectivity index (χ0v) is 24.3. The van der Waals surface area contributed by atoms with Crippen LogP contribution in [0, 0.1) is 0 Å². The summed E-state index contributed by atoms with van der Waals surface area (Å²) in [6, 6.07) is 9.75. The van der Waals surface area contributed by atoms with Gasteiger partial charge in [-0.2, -0.15) is 4.98 Å². The van der Waals surface area contributed by atoms with E-state index in [4.69, 9.17) is 4.74 Å². The van der Waals surface area contributed by atoms with Crippen molar-refractivity contribution in [3.8, 4) is 5.75 Å². The smallest absolute Gasteiger partial charge is 0.229 e. The second-order valence-corrected chi connectivity index (χ2v) is 13.7. The summed E-state index contributed by atoms with van der Waals surface area (Å²) in [4.78, 5) is 22.4. The van der Waals surface area contributed by atoms with Crippen molar-refractivity contribution in [2.24, 2.45) is 0 Å². The molecule has 0 radical (unpaired) electrons. The minimum Gasteiger partial charge on any atom is -0.489 e. The van der Waals surface area contributed by atoms with Gasteiger partial charge >= 0.3 is 0 Å². The number of halogens is 1. The van der Waals surface area contributed by atoms with E-state index in [9.17, 15) is 4.57 Å². The molecule has 2 aromatic heterocycles. The van der Waals surface area contributed by atoms with Crippen molar-refractivity contribution in [3.05, 3.63) is 53.4 Å². The fourth-order valence-corrected chi connectivity index (χ4v) is 6.03. The Bertz CT molecular complexity index is 1530. The zero-order chi connectivity index (χ0) is 26.9. The third kappa shape index (κ3) is 5.75. The molecule has 10 nitrogen and oxygen atoms in total. The van der Waals surface area contributed by atoms with Gasteiger partial charge in [0.25, 0.3) is 0 Å². The standard InChI is InChI=1S/C26H30BrN8O2P/c1-34(2)11-12-35-13-14-37-22-15-17(5-8-21(22)35)31-26-30-16-18(27)25(33-26)32-20-7-6-19-23(29-10-9-28-19)24(20)38(3,4)36/h5-10,15-16H,11-14H2,1-4H3,(H2,30,31,32,33). The van der Waals surface area contributed by atoms with Gasteiger partial charge in [0.1, 0.15) is 30.8 Å². The number of likely N-dealkylation sites (N-methyl/N-ethyl adjacent to an activating group) is 1. The van der Waals surface area contributed by atoms with E-state index in [-0.39, 0.29) is 0 Å². The van der Waals surface area contributed by atoms with Crippen molar-refractivity contribution in [3.63, 3.8) is 0 Å². The number of nitrogens with zero attached hydrogens (tertiary/aromatic N) is 6. The van der Waals surface area contributed by atoms with Crippen molar-refractivity contribution in [2.75, 3.05) is 69.2 Å². The summed E-state index contributed by atoms with van der Waals surface area (Å²) in [6.45, 7) is 6.87. The van der Waals surface area contributed by atoms with Gasteiger partial charge in [-0.3, -0.25) is 9.97 Å². The van der Waals surface area contributed by atoms with Crippen LogP contribution >= 0.6 is 23.1 Å². The SMILES string of the molecule is CN(C)CCN1CCOc2cc(Nc3ncc(Br)c(Nc4ccc5nccnc5c4P(C)(C)=O)n3)ccc21. The first kappa shape index (κ1) is 26.3. The highest BCUT2D eigenvalue weighted by Gasteiger charge is 2.23. The largest absolute Gasteiger partial charge is 0.489 e. The Balaban J connectivity index is 1.41. The highest BCUT2D eigenvalue weighted by atomic mass is 79.9. The van der Waals surface area contributed by atoms with Gasteiger partial charge < -0.3 is 29.7 Å². The summed E-state index contributed by atoms with van der Waals surface area (Å²) >= 11 is 3.54. The van der Waals surface area contributed by atoms with Gasteiger partial charge in [-0.25, -0.2) is 4.98 Å². The van der Waals surface area contributed by atoms with Gasteiger partial charge in [0.2, 0.25) is 5.95 Å². The Labute approximate surface area is 230 Å². The van der Waals surface area contributed by atoms with E-state index in [0.717, 1.165) is 36.8 Å². The maximum Gasteiger partial charge on any atom is 0.229 e. The van der Waals surface area contributed by atoms with E-state index < -0.39 is 7.14 Å². The van der Waals surface area contributed by atoms with Crippen LogP contribution in [0.4, 0.5) is 28.8 Å². The van der Waals surface area contributed by atoms with Gasteiger partial charge in [0.05, 0.1) is 33.2 Å². The molecule has 4 aromatic rings. The second kappa shape index (κ2) is 10.8. The average Bonchev–Trinajstić information content (AvgIpc) is 2.88. The molecule has 12 heteroatoms. The Morgan fingerprint density at radius 3 is 2.71 bits per heavy atom. The molecule has 198 valence electrons. The van der Waals surface area contributed by atoms with Gasteiger partial charge in [-0.15, -0.1) is 0 Å². The van der Waals surface area contributed by atoms with E-state index >= 15 is 0 Å². The molecule has 0 saturated carbocycles. The molecule has 1 aliphatic rings. The van der Waals surface area contributed by atoms with Crippen molar-refractivity contribution in [2.45, 2.75) is 0 Å². The zero-order valence-electron chi connectivity index (χ0n) is 21.8. The van der Waals surface area contributed by atoms with E-state index in [0.29, 0.717) is 44.9 Å². The molecular weight excluding hydrogens is 567 g/mol. The Kier molecular flexibility index (Phi) is 7.52. The summed E-state index contributed by atoms with van der Waals surface area (Å²) in [5.74, 6) is 1.78. The minimum atomic E-state index is -2.71. The summed E-state index contributed by atoms with van der Waals surface area (Å²) in [6.07, 6.45) is 4.91. The number of fused-ring (bicyclic) bond motifs is 2. The van der Waals surface area contributed by atoms with Gasteiger partial charge in [-0.1, -0.05) is 0 Å². The molecule has 0 atom stereocenters. The summed E-state index contributed by atoms with van der Waals surface area (Å²) in [5, 5.41) is 7.24. The number of hydrogen-bond donors (Lipinski definition) is 2. The molecule has 0 bridgehead atoms. The predicted molar refractivity (Wildman–Crippen MR) is 158 cm³/mol. The maximum absolute atomic E-state index is 13.3. The molecule has 0 unspecified atom stereocenters. The van der Waals surface area contributed by atoms with Gasteiger partial charge in [0, 0.05) is 43.4 Å². The lowest BCUT2D eigenvalue weighted by molar-refractivity contribution is 0.303. The molecule has 38 heavy (non-hydrogen) atoms. The van der Waals surface area contributed by atoms with Crippen LogP contribution in [-0.4, -0.2) is 78.5 Å². The van der Waals surface area contributed by atoms with Crippen LogP contribution in [0.15, 0.2) is 53.4 Å². The number of nitrogens with one attached hydrogen (secondary N) is 2. The molecule has 1 aliphatic heterocycles.